The van der Waals surface area contributed by atoms with Gasteiger partial charge < -0.3 is 4.90 Å². The Hall–Kier alpha value is -2.74. The molecule has 1 atom stereocenters. The molecule has 30 heavy (non-hydrogen) atoms. The molecular weight excluding hydrogens is 408 g/mol. The van der Waals surface area contributed by atoms with E-state index < -0.39 is 17.2 Å². The number of nitrogens with zero attached hydrogens (tertiary/aromatic N) is 3. The number of hydrogen-bond donors (Lipinski definition) is 0. The molecule has 0 saturated carbocycles. The molecule has 1 saturated heterocycles. The summed E-state index contributed by atoms with van der Waals surface area (Å²) in [4.78, 5) is 32.1. The Balaban J connectivity index is 1.72. The number of rotatable bonds is 4. The molecule has 5 nitrogen and oxygen atoms in total. The highest BCUT2D eigenvalue weighted by atomic mass is 32.2. The van der Waals surface area contributed by atoms with Gasteiger partial charge in [0.15, 0.2) is 5.16 Å². The second-order valence-corrected chi connectivity index (χ2v) is 8.47. The number of fused-ring (bicyclic) bond motifs is 1. The van der Waals surface area contributed by atoms with E-state index in [1.807, 2.05) is 4.90 Å². The van der Waals surface area contributed by atoms with Crippen LogP contribution in [-0.4, -0.2) is 39.2 Å². The molecule has 1 aliphatic heterocycles. The minimum absolute atomic E-state index is 0.0416. The lowest BCUT2D eigenvalue weighted by atomic mass is 10.0. The largest absolute Gasteiger partial charge is 0.342 e. The molecule has 1 amide bonds. The zero-order valence-corrected chi connectivity index (χ0v) is 17.3. The average molecular weight is 429 g/mol. The monoisotopic (exact) mass is 429 g/mol. The lowest BCUT2D eigenvalue weighted by Crippen LogP contribution is -2.40. The number of para-hydroxylation sites is 1. The Labute approximate surface area is 176 Å². The third kappa shape index (κ3) is 4.09. The molecule has 1 aliphatic rings. The SMILES string of the molecule is CC1CCCN(C(=O)CSc2nc3ccccc3c(=O)n2-c2ccc(F)cc2F)C1. The van der Waals surface area contributed by atoms with E-state index in [4.69, 9.17) is 0 Å². The molecule has 156 valence electrons. The number of carbonyl (C=O) groups is 1. The highest BCUT2D eigenvalue weighted by molar-refractivity contribution is 7.99. The molecule has 3 aromatic rings. The third-order valence-corrected chi connectivity index (χ3v) is 6.15. The summed E-state index contributed by atoms with van der Waals surface area (Å²) in [5.74, 6) is -1.10. The summed E-state index contributed by atoms with van der Waals surface area (Å²) in [7, 11) is 0. The zero-order valence-electron chi connectivity index (χ0n) is 16.5. The Morgan fingerprint density at radius 2 is 2.03 bits per heavy atom. The van der Waals surface area contributed by atoms with E-state index in [-0.39, 0.29) is 22.5 Å². The topological polar surface area (TPSA) is 55.2 Å². The van der Waals surface area contributed by atoms with E-state index in [9.17, 15) is 18.4 Å². The van der Waals surface area contributed by atoms with Gasteiger partial charge >= 0.3 is 0 Å². The van der Waals surface area contributed by atoms with Crippen molar-refractivity contribution in [2.24, 2.45) is 5.92 Å². The van der Waals surface area contributed by atoms with Crippen LogP contribution in [0.25, 0.3) is 16.6 Å². The predicted molar refractivity (Wildman–Crippen MR) is 113 cm³/mol. The van der Waals surface area contributed by atoms with Crippen LogP contribution in [0.4, 0.5) is 8.78 Å². The van der Waals surface area contributed by atoms with Gasteiger partial charge in [-0.1, -0.05) is 30.8 Å². The second-order valence-electron chi connectivity index (χ2n) is 7.52. The lowest BCUT2D eigenvalue weighted by molar-refractivity contribution is -0.130. The normalized spacial score (nSPS) is 16.8. The Morgan fingerprint density at radius 3 is 2.80 bits per heavy atom. The maximum atomic E-state index is 14.5. The molecule has 0 radical (unpaired) electrons. The van der Waals surface area contributed by atoms with E-state index in [0.717, 1.165) is 41.3 Å². The van der Waals surface area contributed by atoms with Crippen molar-refractivity contribution in [1.82, 2.24) is 14.5 Å². The summed E-state index contributed by atoms with van der Waals surface area (Å²) in [6, 6.07) is 9.79. The van der Waals surface area contributed by atoms with Crippen molar-refractivity contribution in [3.8, 4) is 5.69 Å². The number of amides is 1. The average Bonchev–Trinajstić information content (AvgIpc) is 2.73. The first kappa shape index (κ1) is 20.5. The molecule has 2 aromatic carbocycles. The van der Waals surface area contributed by atoms with Crippen molar-refractivity contribution in [3.05, 3.63) is 64.5 Å². The van der Waals surface area contributed by atoms with Crippen LogP contribution in [-0.2, 0) is 4.79 Å². The summed E-state index contributed by atoms with van der Waals surface area (Å²) < 4.78 is 29.0. The van der Waals surface area contributed by atoms with Gasteiger partial charge in [-0.3, -0.25) is 14.2 Å². The molecule has 1 fully saturated rings. The van der Waals surface area contributed by atoms with Crippen LogP contribution in [0, 0.1) is 17.6 Å². The number of aromatic nitrogens is 2. The summed E-state index contributed by atoms with van der Waals surface area (Å²) in [6.07, 6.45) is 2.07. The smallest absolute Gasteiger partial charge is 0.266 e. The fourth-order valence-corrected chi connectivity index (χ4v) is 4.63. The van der Waals surface area contributed by atoms with Gasteiger partial charge in [0.25, 0.3) is 5.56 Å². The van der Waals surface area contributed by atoms with Crippen LogP contribution < -0.4 is 5.56 Å². The summed E-state index contributed by atoms with van der Waals surface area (Å²) in [5, 5.41) is 0.518. The number of thioether (sulfide) groups is 1. The van der Waals surface area contributed by atoms with Gasteiger partial charge in [-0.25, -0.2) is 13.8 Å². The standard InChI is InChI=1S/C22H21F2N3O2S/c1-14-5-4-10-26(12-14)20(28)13-30-22-25-18-7-3-2-6-16(18)21(29)27(22)19-9-8-15(23)11-17(19)24/h2-3,6-9,11,14H,4-5,10,12-13H2,1H3. The number of likely N-dealkylation sites (tertiary alicyclic amines) is 1. The molecule has 0 N–H and O–H groups in total. The number of halogens is 2. The van der Waals surface area contributed by atoms with Crippen molar-refractivity contribution in [2.75, 3.05) is 18.8 Å². The molecule has 4 rings (SSSR count). The minimum Gasteiger partial charge on any atom is -0.342 e. The van der Waals surface area contributed by atoms with Crippen LogP contribution >= 0.6 is 11.8 Å². The molecule has 1 unspecified atom stereocenters. The number of carbonyl (C=O) groups excluding carboxylic acids is 1. The van der Waals surface area contributed by atoms with Gasteiger partial charge in [0.05, 0.1) is 22.3 Å². The predicted octanol–water partition coefficient (Wildman–Crippen LogP) is 4.01. The molecule has 8 heteroatoms. The summed E-state index contributed by atoms with van der Waals surface area (Å²) in [5.41, 5.74) is -0.100. The van der Waals surface area contributed by atoms with Crippen molar-refractivity contribution < 1.29 is 13.6 Å². The van der Waals surface area contributed by atoms with Crippen molar-refractivity contribution in [1.29, 1.82) is 0 Å². The quantitative estimate of drug-likeness (QED) is 0.465. The second kappa shape index (κ2) is 8.55. The summed E-state index contributed by atoms with van der Waals surface area (Å²) in [6.45, 7) is 3.55. The van der Waals surface area contributed by atoms with Crippen LogP contribution in [0.2, 0.25) is 0 Å². The van der Waals surface area contributed by atoms with Crippen molar-refractivity contribution in [2.45, 2.75) is 24.9 Å². The Bertz CT molecular complexity index is 1160. The first-order valence-electron chi connectivity index (χ1n) is 9.82. The third-order valence-electron chi connectivity index (χ3n) is 5.23. The minimum atomic E-state index is -0.868. The maximum Gasteiger partial charge on any atom is 0.266 e. The highest BCUT2D eigenvalue weighted by Crippen LogP contribution is 2.24. The molecule has 0 bridgehead atoms. The first-order valence-corrected chi connectivity index (χ1v) is 10.8. The Kier molecular flexibility index (Phi) is 5.85. The van der Waals surface area contributed by atoms with Crippen molar-refractivity contribution in [3.63, 3.8) is 0 Å². The summed E-state index contributed by atoms with van der Waals surface area (Å²) >= 11 is 1.09. The number of benzene rings is 2. The van der Waals surface area contributed by atoms with Crippen LogP contribution in [0.5, 0.6) is 0 Å². The van der Waals surface area contributed by atoms with E-state index in [2.05, 4.69) is 11.9 Å². The lowest BCUT2D eigenvalue weighted by Gasteiger charge is -2.30. The molecular formula is C22H21F2N3O2S. The number of piperidine rings is 1. The van der Waals surface area contributed by atoms with Gasteiger partial charge in [0, 0.05) is 19.2 Å². The fraction of sp³-hybridized carbons (Fsp3) is 0.318. The van der Waals surface area contributed by atoms with E-state index in [0.29, 0.717) is 29.9 Å². The van der Waals surface area contributed by atoms with E-state index >= 15 is 0 Å². The molecule has 2 heterocycles. The molecule has 1 aromatic heterocycles. The molecule has 0 spiro atoms. The van der Waals surface area contributed by atoms with Crippen LogP contribution in [0.15, 0.2) is 52.4 Å². The zero-order chi connectivity index (χ0) is 21.3. The van der Waals surface area contributed by atoms with Gasteiger partial charge in [0.1, 0.15) is 11.6 Å². The van der Waals surface area contributed by atoms with Gasteiger partial charge in [0.2, 0.25) is 5.91 Å². The van der Waals surface area contributed by atoms with Crippen molar-refractivity contribution >= 4 is 28.6 Å². The number of hydrogen-bond acceptors (Lipinski definition) is 4. The van der Waals surface area contributed by atoms with Gasteiger partial charge in [-0.15, -0.1) is 0 Å². The van der Waals surface area contributed by atoms with Gasteiger partial charge in [-0.05, 0) is 43.0 Å². The fourth-order valence-electron chi connectivity index (χ4n) is 3.72. The molecule has 0 aliphatic carbocycles. The van der Waals surface area contributed by atoms with Crippen LogP contribution in [0.1, 0.15) is 19.8 Å². The first-order chi connectivity index (χ1) is 14.4. The van der Waals surface area contributed by atoms with Crippen LogP contribution in [0.3, 0.4) is 0 Å². The van der Waals surface area contributed by atoms with E-state index in [1.54, 1.807) is 24.3 Å². The maximum absolute atomic E-state index is 14.5. The highest BCUT2D eigenvalue weighted by Gasteiger charge is 2.23. The van der Waals surface area contributed by atoms with E-state index in [1.165, 1.54) is 6.07 Å². The van der Waals surface area contributed by atoms with Gasteiger partial charge in [-0.2, -0.15) is 0 Å². The Morgan fingerprint density at radius 1 is 1.23 bits per heavy atom.